The van der Waals surface area contributed by atoms with Crippen molar-refractivity contribution in [2.45, 2.75) is 12.6 Å². The van der Waals surface area contributed by atoms with E-state index in [1.165, 1.54) is 16.4 Å². The largest absolute Gasteiger partial charge is 0.371 e. The topological polar surface area (TPSA) is 97.3 Å². The van der Waals surface area contributed by atoms with Crippen molar-refractivity contribution in [2.75, 3.05) is 48.0 Å². The van der Waals surface area contributed by atoms with Crippen LogP contribution in [0, 0.1) is 5.92 Å². The van der Waals surface area contributed by atoms with Gasteiger partial charge in [0.1, 0.15) is 17.3 Å². The van der Waals surface area contributed by atoms with E-state index in [2.05, 4.69) is 20.6 Å². The van der Waals surface area contributed by atoms with E-state index in [-0.39, 0.29) is 11.1 Å². The molecule has 3 aliphatic rings. The third kappa shape index (κ3) is 3.67. The second-order valence-electron chi connectivity index (χ2n) is 7.40. The number of dihydropyridines is 1. The third-order valence-corrected chi connectivity index (χ3v) is 6.83. The van der Waals surface area contributed by atoms with Gasteiger partial charge >= 0.3 is 0 Å². The average Bonchev–Trinajstić information content (AvgIpc) is 2.87. The smallest absolute Gasteiger partial charge is 0.249 e. The predicted octanol–water partition coefficient (Wildman–Crippen LogP) is 1.16. The fraction of sp³-hybridized carbons (Fsp3) is 0.444. The molecule has 2 saturated heterocycles. The Labute approximate surface area is 175 Å². The summed E-state index contributed by atoms with van der Waals surface area (Å²) in [6.07, 6.45) is 3.39. The number of amides is 1. The summed E-state index contributed by atoms with van der Waals surface area (Å²) in [5.74, 6) is -0.703. The molecule has 2 unspecified atom stereocenters. The number of hydrogen-bond donors (Lipinski definition) is 2. The Morgan fingerprint density at radius 2 is 2.07 bits per heavy atom. The van der Waals surface area contributed by atoms with Crippen LogP contribution in [0.3, 0.4) is 0 Å². The number of allylic oxidation sites excluding steroid dienone is 1. The Morgan fingerprint density at radius 3 is 2.69 bits per heavy atom. The SMILES string of the molecule is CN1NC2N=C(Cl)C=C(Nc3ccc(N4CCC4)cc3N(C)S(C)(=O)=O)C2C1=O. The lowest BCUT2D eigenvalue weighted by Crippen LogP contribution is -2.37. The molecule has 0 spiro atoms. The number of hydrazine groups is 1. The predicted molar refractivity (Wildman–Crippen MR) is 115 cm³/mol. The zero-order chi connectivity index (χ0) is 20.9. The van der Waals surface area contributed by atoms with Crippen molar-refractivity contribution in [1.29, 1.82) is 0 Å². The lowest BCUT2D eigenvalue weighted by Gasteiger charge is -2.34. The molecular formula is C18H23ClN6O3S. The lowest BCUT2D eigenvalue weighted by molar-refractivity contribution is -0.130. The lowest BCUT2D eigenvalue weighted by atomic mass is 9.99. The summed E-state index contributed by atoms with van der Waals surface area (Å²) >= 11 is 6.16. The van der Waals surface area contributed by atoms with E-state index in [0.29, 0.717) is 17.1 Å². The van der Waals surface area contributed by atoms with E-state index >= 15 is 0 Å². The number of carbonyl (C=O) groups is 1. The molecule has 156 valence electrons. The van der Waals surface area contributed by atoms with Gasteiger partial charge in [0, 0.05) is 38.6 Å². The number of halogens is 1. The molecule has 9 nitrogen and oxygen atoms in total. The Morgan fingerprint density at radius 1 is 1.34 bits per heavy atom. The number of fused-ring (bicyclic) bond motifs is 1. The first-order valence-corrected chi connectivity index (χ1v) is 11.5. The van der Waals surface area contributed by atoms with Crippen molar-refractivity contribution < 1.29 is 13.2 Å². The van der Waals surface area contributed by atoms with E-state index in [9.17, 15) is 13.2 Å². The number of anilines is 3. The molecule has 2 fully saturated rings. The van der Waals surface area contributed by atoms with Crippen LogP contribution in [0.4, 0.5) is 17.1 Å². The highest BCUT2D eigenvalue weighted by Gasteiger charge is 2.43. The molecule has 0 aromatic heterocycles. The number of benzene rings is 1. The maximum atomic E-state index is 12.6. The van der Waals surface area contributed by atoms with E-state index in [1.54, 1.807) is 13.1 Å². The van der Waals surface area contributed by atoms with Gasteiger partial charge in [0.25, 0.3) is 0 Å². The second kappa shape index (κ2) is 7.19. The number of sulfonamides is 1. The zero-order valence-corrected chi connectivity index (χ0v) is 18.0. The number of aliphatic imine (C=N–C) groups is 1. The van der Waals surface area contributed by atoms with Crippen LogP contribution in [0.2, 0.25) is 0 Å². The molecule has 0 saturated carbocycles. The first kappa shape index (κ1) is 20.0. The van der Waals surface area contributed by atoms with E-state index in [4.69, 9.17) is 11.6 Å². The fourth-order valence-corrected chi connectivity index (χ4v) is 4.31. The maximum Gasteiger partial charge on any atom is 0.249 e. The van der Waals surface area contributed by atoms with Gasteiger partial charge in [0.05, 0.1) is 17.6 Å². The fourth-order valence-electron chi connectivity index (χ4n) is 3.58. The molecule has 0 bridgehead atoms. The molecular weight excluding hydrogens is 416 g/mol. The Bertz CT molecular complexity index is 1020. The maximum absolute atomic E-state index is 12.6. The zero-order valence-electron chi connectivity index (χ0n) is 16.4. The molecule has 1 amide bonds. The van der Waals surface area contributed by atoms with Crippen LogP contribution in [-0.4, -0.2) is 64.1 Å². The summed E-state index contributed by atoms with van der Waals surface area (Å²) in [4.78, 5) is 19.0. The van der Waals surface area contributed by atoms with Crippen molar-refractivity contribution in [2.24, 2.45) is 10.9 Å². The van der Waals surface area contributed by atoms with Crippen molar-refractivity contribution in [3.63, 3.8) is 0 Å². The van der Waals surface area contributed by atoms with Crippen LogP contribution in [0.15, 0.2) is 35.0 Å². The Hall–Kier alpha value is -2.30. The van der Waals surface area contributed by atoms with Crippen molar-refractivity contribution >= 4 is 49.8 Å². The number of nitrogens with zero attached hydrogens (tertiary/aromatic N) is 4. The number of carbonyl (C=O) groups excluding carboxylic acids is 1. The van der Waals surface area contributed by atoms with Crippen LogP contribution < -0.4 is 19.9 Å². The molecule has 11 heteroatoms. The van der Waals surface area contributed by atoms with Crippen molar-refractivity contribution in [1.82, 2.24) is 10.4 Å². The monoisotopic (exact) mass is 438 g/mol. The van der Waals surface area contributed by atoms with E-state index in [0.717, 1.165) is 31.5 Å². The first-order chi connectivity index (χ1) is 13.6. The van der Waals surface area contributed by atoms with E-state index < -0.39 is 22.1 Å². The summed E-state index contributed by atoms with van der Waals surface area (Å²) in [7, 11) is -0.337. The standard InChI is InChI=1S/C18H23ClN6O3S/c1-23-18(26)16-13(10-15(19)21-17(16)22-23)20-12-6-5-11(25-7-4-8-25)9-14(12)24(2)29(3,27)28/h5-6,9-10,16-17,20,22H,4,7-8H2,1-3H3. The molecule has 0 aliphatic carbocycles. The van der Waals surface area contributed by atoms with Gasteiger partial charge in [-0.1, -0.05) is 11.6 Å². The minimum Gasteiger partial charge on any atom is -0.371 e. The third-order valence-electron chi connectivity index (χ3n) is 5.43. The van der Waals surface area contributed by atoms with E-state index in [1.807, 2.05) is 18.2 Å². The molecule has 2 N–H and O–H groups in total. The minimum absolute atomic E-state index is 0.142. The second-order valence-corrected chi connectivity index (χ2v) is 9.80. The molecule has 3 aliphatic heterocycles. The van der Waals surface area contributed by atoms with Gasteiger partial charge in [-0.25, -0.2) is 13.8 Å². The van der Waals surface area contributed by atoms with Gasteiger partial charge in [-0.15, -0.1) is 0 Å². The normalized spacial score (nSPS) is 23.9. The summed E-state index contributed by atoms with van der Waals surface area (Å²) < 4.78 is 25.7. The summed E-state index contributed by atoms with van der Waals surface area (Å²) in [6.45, 7) is 1.89. The van der Waals surface area contributed by atoms with Crippen molar-refractivity contribution in [3.8, 4) is 0 Å². The van der Waals surface area contributed by atoms with Crippen molar-refractivity contribution in [3.05, 3.63) is 30.0 Å². The molecule has 1 aromatic rings. The van der Waals surface area contributed by atoms with Crippen LogP contribution in [0.5, 0.6) is 0 Å². The number of nitrogens with one attached hydrogen (secondary N) is 2. The highest BCUT2D eigenvalue weighted by molar-refractivity contribution is 7.92. The van der Waals surface area contributed by atoms with Crippen LogP contribution in [0.1, 0.15) is 6.42 Å². The Balaban J connectivity index is 1.72. The van der Waals surface area contributed by atoms with Gasteiger partial charge in [0.15, 0.2) is 0 Å². The summed E-state index contributed by atoms with van der Waals surface area (Å²) in [6, 6.07) is 5.62. The molecule has 0 radical (unpaired) electrons. The van der Waals surface area contributed by atoms with Gasteiger partial charge in [0.2, 0.25) is 15.9 Å². The van der Waals surface area contributed by atoms with Crippen LogP contribution in [-0.2, 0) is 14.8 Å². The first-order valence-electron chi connectivity index (χ1n) is 9.24. The van der Waals surface area contributed by atoms with Crippen LogP contribution >= 0.6 is 11.6 Å². The van der Waals surface area contributed by atoms with Gasteiger partial charge in [-0.3, -0.25) is 19.1 Å². The summed E-state index contributed by atoms with van der Waals surface area (Å²) in [5.41, 5.74) is 5.57. The molecule has 1 aromatic carbocycles. The number of hydrogen-bond acceptors (Lipinski definition) is 7. The van der Waals surface area contributed by atoms with Gasteiger partial charge in [-0.2, -0.15) is 0 Å². The van der Waals surface area contributed by atoms with Crippen LogP contribution in [0.25, 0.3) is 0 Å². The molecule has 2 atom stereocenters. The number of rotatable bonds is 5. The molecule has 4 rings (SSSR count). The molecule has 29 heavy (non-hydrogen) atoms. The molecule has 3 heterocycles. The summed E-state index contributed by atoms with van der Waals surface area (Å²) in [5, 5.41) is 4.89. The van der Waals surface area contributed by atoms with Gasteiger partial charge in [-0.05, 0) is 30.7 Å². The Kier molecular flexibility index (Phi) is 4.96. The van der Waals surface area contributed by atoms with Gasteiger partial charge < -0.3 is 10.2 Å². The highest BCUT2D eigenvalue weighted by Crippen LogP contribution is 2.36. The average molecular weight is 439 g/mol. The quantitative estimate of drug-likeness (QED) is 0.716. The highest BCUT2D eigenvalue weighted by atomic mass is 35.5. The minimum atomic E-state index is -3.48.